The van der Waals surface area contributed by atoms with Gasteiger partial charge in [-0.2, -0.15) is 13.2 Å². The molecule has 0 spiro atoms. The van der Waals surface area contributed by atoms with Crippen molar-refractivity contribution in [1.82, 2.24) is 4.90 Å². The van der Waals surface area contributed by atoms with Gasteiger partial charge in [0.15, 0.2) is 0 Å². The molecule has 0 radical (unpaired) electrons. The third-order valence-corrected chi connectivity index (χ3v) is 2.43. The first kappa shape index (κ1) is 15.8. The molecule has 19 heavy (non-hydrogen) atoms. The molecule has 1 N–H and O–H groups in total. The van der Waals surface area contributed by atoms with E-state index in [0.717, 1.165) is 10.5 Å². The highest BCUT2D eigenvalue weighted by Crippen LogP contribution is 2.16. The minimum Gasteiger partial charge on any atom is -0.491 e. The first-order valence-electron chi connectivity index (χ1n) is 5.89. The molecule has 3 nitrogen and oxygen atoms in total. The Hall–Kier alpha value is -1.27. The third-order valence-electron chi connectivity index (χ3n) is 2.43. The number of hydrogen-bond donors (Lipinski definition) is 1. The molecule has 0 saturated heterocycles. The Morgan fingerprint density at radius 3 is 2.37 bits per heavy atom. The number of halogens is 3. The molecule has 1 aromatic rings. The van der Waals surface area contributed by atoms with Crippen molar-refractivity contribution in [3.63, 3.8) is 0 Å². The lowest BCUT2D eigenvalue weighted by Gasteiger charge is -2.21. The Morgan fingerprint density at radius 1 is 1.26 bits per heavy atom. The molecule has 1 unspecified atom stereocenters. The lowest BCUT2D eigenvalue weighted by molar-refractivity contribution is -0.145. The quantitative estimate of drug-likeness (QED) is 0.865. The van der Waals surface area contributed by atoms with Crippen LogP contribution in [0.4, 0.5) is 13.2 Å². The van der Waals surface area contributed by atoms with E-state index in [2.05, 4.69) is 0 Å². The topological polar surface area (TPSA) is 32.7 Å². The van der Waals surface area contributed by atoms with Gasteiger partial charge in [0, 0.05) is 6.54 Å². The number of nitrogens with zero attached hydrogens (tertiary/aromatic N) is 1. The number of aryl methyl sites for hydroxylation is 1. The van der Waals surface area contributed by atoms with Gasteiger partial charge in [-0.25, -0.2) is 0 Å². The molecule has 108 valence electrons. The zero-order valence-corrected chi connectivity index (χ0v) is 10.9. The maximum absolute atomic E-state index is 12.1. The smallest absolute Gasteiger partial charge is 0.401 e. The maximum atomic E-state index is 12.1. The summed E-state index contributed by atoms with van der Waals surface area (Å²) in [6, 6.07) is 7.22. The van der Waals surface area contributed by atoms with Crippen LogP contribution in [-0.2, 0) is 0 Å². The second kappa shape index (κ2) is 6.77. The number of likely N-dealkylation sites (N-methyl/N-ethyl adjacent to an activating group) is 1. The number of ether oxygens (including phenoxy) is 1. The summed E-state index contributed by atoms with van der Waals surface area (Å²) in [5, 5.41) is 9.60. The van der Waals surface area contributed by atoms with Gasteiger partial charge in [0.05, 0.1) is 6.54 Å². The van der Waals surface area contributed by atoms with Gasteiger partial charge in [-0.1, -0.05) is 17.7 Å². The molecule has 6 heteroatoms. The van der Waals surface area contributed by atoms with Gasteiger partial charge in [0.2, 0.25) is 0 Å². The van der Waals surface area contributed by atoms with Gasteiger partial charge < -0.3 is 9.84 Å². The largest absolute Gasteiger partial charge is 0.491 e. The number of aliphatic hydroxyl groups is 1. The van der Waals surface area contributed by atoms with Crippen molar-refractivity contribution in [2.45, 2.75) is 19.2 Å². The second-order valence-corrected chi connectivity index (χ2v) is 4.59. The van der Waals surface area contributed by atoms with Gasteiger partial charge >= 0.3 is 6.18 Å². The second-order valence-electron chi connectivity index (χ2n) is 4.59. The van der Waals surface area contributed by atoms with Crippen LogP contribution < -0.4 is 4.74 Å². The summed E-state index contributed by atoms with van der Waals surface area (Å²) in [5.74, 6) is 0.586. The zero-order valence-electron chi connectivity index (χ0n) is 10.9. The molecular weight excluding hydrogens is 259 g/mol. The fourth-order valence-corrected chi connectivity index (χ4v) is 1.61. The molecule has 0 heterocycles. The van der Waals surface area contributed by atoms with Crippen molar-refractivity contribution in [2.24, 2.45) is 0 Å². The van der Waals surface area contributed by atoms with E-state index >= 15 is 0 Å². The number of hydrogen-bond acceptors (Lipinski definition) is 3. The molecule has 0 aromatic heterocycles. The highest BCUT2D eigenvalue weighted by atomic mass is 19.4. The van der Waals surface area contributed by atoms with E-state index in [1.54, 1.807) is 12.1 Å². The molecule has 0 aliphatic heterocycles. The van der Waals surface area contributed by atoms with Crippen molar-refractivity contribution in [1.29, 1.82) is 0 Å². The monoisotopic (exact) mass is 277 g/mol. The Balaban J connectivity index is 2.31. The summed E-state index contributed by atoms with van der Waals surface area (Å²) < 4.78 is 41.6. The maximum Gasteiger partial charge on any atom is 0.401 e. The Morgan fingerprint density at radius 2 is 1.84 bits per heavy atom. The van der Waals surface area contributed by atoms with E-state index in [1.807, 2.05) is 19.1 Å². The normalized spacial score (nSPS) is 13.6. The molecule has 0 aliphatic carbocycles. The van der Waals surface area contributed by atoms with Gasteiger partial charge in [-0.05, 0) is 26.1 Å². The Labute approximate surface area is 110 Å². The lowest BCUT2D eigenvalue weighted by atomic mass is 10.2. The van der Waals surface area contributed by atoms with Crippen LogP contribution >= 0.6 is 0 Å². The van der Waals surface area contributed by atoms with Crippen LogP contribution in [-0.4, -0.2) is 49.0 Å². The average molecular weight is 277 g/mol. The van der Waals surface area contributed by atoms with Crippen LogP contribution in [0.2, 0.25) is 0 Å². The molecular formula is C13H18F3NO2. The highest BCUT2D eigenvalue weighted by Gasteiger charge is 2.29. The standard InChI is InChI=1S/C13H18F3NO2/c1-10-3-5-12(6-4-10)19-8-11(18)7-17(2)9-13(14,15)16/h3-6,11,18H,7-9H2,1-2H3. The molecule has 0 aliphatic rings. The van der Waals surface area contributed by atoms with E-state index in [0.29, 0.717) is 5.75 Å². The van der Waals surface area contributed by atoms with E-state index in [1.165, 1.54) is 7.05 Å². The van der Waals surface area contributed by atoms with E-state index in [9.17, 15) is 18.3 Å². The number of rotatable bonds is 6. The van der Waals surface area contributed by atoms with Crippen molar-refractivity contribution >= 4 is 0 Å². The van der Waals surface area contributed by atoms with Gasteiger partial charge in [-0.3, -0.25) is 4.90 Å². The van der Waals surface area contributed by atoms with E-state index in [4.69, 9.17) is 4.74 Å². The van der Waals surface area contributed by atoms with Crippen LogP contribution in [0.3, 0.4) is 0 Å². The van der Waals surface area contributed by atoms with Crippen LogP contribution in [0.15, 0.2) is 24.3 Å². The summed E-state index contributed by atoms with van der Waals surface area (Å²) in [6.45, 7) is 0.760. The molecule has 0 amide bonds. The van der Waals surface area contributed by atoms with Crippen LogP contribution in [0.25, 0.3) is 0 Å². The molecule has 1 aromatic carbocycles. The van der Waals surface area contributed by atoms with Crippen molar-refractivity contribution in [2.75, 3.05) is 26.7 Å². The van der Waals surface area contributed by atoms with Crippen molar-refractivity contribution in [3.05, 3.63) is 29.8 Å². The van der Waals surface area contributed by atoms with Crippen LogP contribution in [0.1, 0.15) is 5.56 Å². The molecule has 1 atom stereocenters. The summed E-state index contributed by atoms with van der Waals surface area (Å²) in [6.07, 6.45) is -5.22. The van der Waals surface area contributed by atoms with Crippen molar-refractivity contribution in [3.8, 4) is 5.75 Å². The molecule has 0 bridgehead atoms. The molecule has 1 rings (SSSR count). The van der Waals surface area contributed by atoms with Gasteiger partial charge in [0.1, 0.15) is 18.5 Å². The molecule has 0 saturated carbocycles. The van der Waals surface area contributed by atoms with E-state index < -0.39 is 18.8 Å². The van der Waals surface area contributed by atoms with Gasteiger partial charge in [0.25, 0.3) is 0 Å². The average Bonchev–Trinajstić information content (AvgIpc) is 2.25. The summed E-state index contributed by atoms with van der Waals surface area (Å²) >= 11 is 0. The van der Waals surface area contributed by atoms with Crippen molar-refractivity contribution < 1.29 is 23.0 Å². The van der Waals surface area contributed by atoms with Crippen LogP contribution in [0, 0.1) is 6.92 Å². The third kappa shape index (κ3) is 7.03. The Kier molecular flexibility index (Phi) is 5.62. The summed E-state index contributed by atoms with van der Waals surface area (Å²) in [4.78, 5) is 1.02. The number of aliphatic hydroxyl groups excluding tert-OH is 1. The first-order valence-corrected chi connectivity index (χ1v) is 5.89. The van der Waals surface area contributed by atoms with E-state index in [-0.39, 0.29) is 13.2 Å². The predicted octanol–water partition coefficient (Wildman–Crippen LogP) is 2.23. The SMILES string of the molecule is Cc1ccc(OCC(O)CN(C)CC(F)(F)F)cc1. The zero-order chi connectivity index (χ0) is 14.5. The number of alkyl halides is 3. The minimum atomic E-state index is -4.26. The summed E-state index contributed by atoms with van der Waals surface area (Å²) in [5.41, 5.74) is 1.08. The fraction of sp³-hybridized carbons (Fsp3) is 0.538. The molecule has 0 fully saturated rings. The predicted molar refractivity (Wildman–Crippen MR) is 66.2 cm³/mol. The lowest BCUT2D eigenvalue weighted by Crippen LogP contribution is -2.38. The summed E-state index contributed by atoms with van der Waals surface area (Å²) in [7, 11) is 1.31. The van der Waals surface area contributed by atoms with Gasteiger partial charge in [-0.15, -0.1) is 0 Å². The highest BCUT2D eigenvalue weighted by molar-refractivity contribution is 5.26. The minimum absolute atomic E-state index is 0.0365. The first-order chi connectivity index (χ1) is 8.76. The Bertz CT molecular complexity index is 378. The number of benzene rings is 1. The van der Waals surface area contributed by atoms with Crippen LogP contribution in [0.5, 0.6) is 5.75 Å². The fourth-order valence-electron chi connectivity index (χ4n) is 1.61.